The van der Waals surface area contributed by atoms with E-state index in [1.165, 1.54) is 36.0 Å². The van der Waals surface area contributed by atoms with Crippen LogP contribution >= 0.6 is 0 Å². The average Bonchev–Trinajstić information content (AvgIpc) is 2.65. The Hall–Kier alpha value is -2.62. The number of amides is 1. The Labute approximate surface area is 149 Å². The highest BCUT2D eigenvalue weighted by atomic mass is 16.2. The zero-order chi connectivity index (χ0) is 17.6. The monoisotopic (exact) mass is 335 g/mol. The summed E-state index contributed by atoms with van der Waals surface area (Å²) < 4.78 is 0. The lowest BCUT2D eigenvalue weighted by atomic mass is 9.90. The second-order valence-corrected chi connectivity index (χ2v) is 6.64. The first-order valence-corrected chi connectivity index (χ1v) is 8.87. The van der Waals surface area contributed by atoms with Gasteiger partial charge in [0, 0.05) is 5.69 Å². The minimum atomic E-state index is -0.155. The molecule has 1 aliphatic carbocycles. The summed E-state index contributed by atoms with van der Waals surface area (Å²) in [4.78, 5) is 12.0. The molecule has 4 nitrogen and oxygen atoms in total. The van der Waals surface area contributed by atoms with Crippen LogP contribution in [0, 0.1) is 6.92 Å². The van der Waals surface area contributed by atoms with E-state index in [4.69, 9.17) is 0 Å². The van der Waals surface area contributed by atoms with Gasteiger partial charge in [0.05, 0.1) is 12.3 Å². The van der Waals surface area contributed by atoms with E-state index in [1.54, 1.807) is 0 Å². The quantitative estimate of drug-likeness (QED) is 0.644. The zero-order valence-corrected chi connectivity index (χ0v) is 14.9. The number of aryl methyl sites for hydroxylation is 3. The molecule has 3 rings (SSSR count). The SMILES string of the molecule is C/C(=N/NC(=O)CNc1ccc(C)cc1)c1ccc2c(c1)CCCC2. The van der Waals surface area contributed by atoms with E-state index in [2.05, 4.69) is 34.0 Å². The largest absolute Gasteiger partial charge is 0.376 e. The number of hydrogen-bond donors (Lipinski definition) is 2. The van der Waals surface area contributed by atoms with Gasteiger partial charge < -0.3 is 5.32 Å². The first-order chi connectivity index (χ1) is 12.1. The predicted octanol–water partition coefficient (Wildman–Crippen LogP) is 3.83. The Kier molecular flexibility index (Phi) is 5.49. The van der Waals surface area contributed by atoms with Gasteiger partial charge in [-0.15, -0.1) is 0 Å². The van der Waals surface area contributed by atoms with Gasteiger partial charge in [-0.05, 0) is 74.4 Å². The van der Waals surface area contributed by atoms with E-state index in [-0.39, 0.29) is 12.5 Å². The molecular weight excluding hydrogens is 310 g/mol. The van der Waals surface area contributed by atoms with Crippen LogP contribution in [0.1, 0.15) is 42.0 Å². The Bertz CT molecular complexity index is 778. The second kappa shape index (κ2) is 7.97. The summed E-state index contributed by atoms with van der Waals surface area (Å²) in [5.74, 6) is -0.155. The molecule has 2 aromatic carbocycles. The molecular formula is C21H25N3O. The number of carbonyl (C=O) groups is 1. The van der Waals surface area contributed by atoms with Crippen LogP contribution in [-0.4, -0.2) is 18.2 Å². The van der Waals surface area contributed by atoms with Crippen molar-refractivity contribution in [1.82, 2.24) is 5.43 Å². The van der Waals surface area contributed by atoms with Crippen molar-refractivity contribution < 1.29 is 4.79 Å². The first kappa shape index (κ1) is 17.2. The lowest BCUT2D eigenvalue weighted by molar-refractivity contribution is -0.119. The Morgan fingerprint density at radius 3 is 2.52 bits per heavy atom. The van der Waals surface area contributed by atoms with Crippen LogP contribution in [-0.2, 0) is 17.6 Å². The van der Waals surface area contributed by atoms with Crippen molar-refractivity contribution in [3.63, 3.8) is 0 Å². The molecule has 2 aromatic rings. The van der Waals surface area contributed by atoms with E-state index in [9.17, 15) is 4.79 Å². The third-order valence-electron chi connectivity index (χ3n) is 4.62. The molecule has 4 heteroatoms. The van der Waals surface area contributed by atoms with Gasteiger partial charge in [-0.3, -0.25) is 4.79 Å². The van der Waals surface area contributed by atoms with E-state index >= 15 is 0 Å². The highest BCUT2D eigenvalue weighted by Gasteiger charge is 2.10. The van der Waals surface area contributed by atoms with Gasteiger partial charge in [-0.25, -0.2) is 5.43 Å². The summed E-state index contributed by atoms with van der Waals surface area (Å²) in [7, 11) is 0. The fourth-order valence-corrected chi connectivity index (χ4v) is 3.06. The number of hydrogen-bond acceptors (Lipinski definition) is 3. The van der Waals surface area contributed by atoms with Gasteiger partial charge in [0.1, 0.15) is 0 Å². The summed E-state index contributed by atoms with van der Waals surface area (Å²) in [6.07, 6.45) is 4.86. The van der Waals surface area contributed by atoms with Crippen LogP contribution in [0.5, 0.6) is 0 Å². The standard InChI is InChI=1S/C21H25N3O/c1-15-7-11-20(12-8-15)22-14-21(25)24-23-16(2)18-10-9-17-5-3-4-6-19(17)13-18/h7-13,22H,3-6,14H2,1-2H3,(H,24,25)/b23-16-. The van der Waals surface area contributed by atoms with Crippen molar-refractivity contribution in [3.05, 3.63) is 64.7 Å². The lowest BCUT2D eigenvalue weighted by Gasteiger charge is -2.16. The Balaban J connectivity index is 1.55. The maximum absolute atomic E-state index is 12.0. The molecule has 130 valence electrons. The van der Waals surface area contributed by atoms with Crippen LogP contribution in [0.2, 0.25) is 0 Å². The van der Waals surface area contributed by atoms with Gasteiger partial charge in [-0.2, -0.15) is 5.10 Å². The summed E-state index contributed by atoms with van der Waals surface area (Å²) >= 11 is 0. The van der Waals surface area contributed by atoms with Crippen molar-refractivity contribution in [3.8, 4) is 0 Å². The molecule has 0 atom stereocenters. The number of rotatable bonds is 5. The molecule has 0 aromatic heterocycles. The molecule has 0 aliphatic heterocycles. The fraction of sp³-hybridized carbons (Fsp3) is 0.333. The lowest BCUT2D eigenvalue weighted by Crippen LogP contribution is -2.26. The third-order valence-corrected chi connectivity index (χ3v) is 4.62. The highest BCUT2D eigenvalue weighted by molar-refractivity contribution is 5.99. The van der Waals surface area contributed by atoms with E-state index in [1.807, 2.05) is 38.1 Å². The second-order valence-electron chi connectivity index (χ2n) is 6.64. The summed E-state index contributed by atoms with van der Waals surface area (Å²) in [5.41, 5.74) is 9.53. The smallest absolute Gasteiger partial charge is 0.259 e. The molecule has 0 bridgehead atoms. The van der Waals surface area contributed by atoms with Crippen LogP contribution in [0.4, 0.5) is 5.69 Å². The van der Waals surface area contributed by atoms with Crippen molar-refractivity contribution in [1.29, 1.82) is 0 Å². The van der Waals surface area contributed by atoms with Gasteiger partial charge in [0.25, 0.3) is 5.91 Å². The number of fused-ring (bicyclic) bond motifs is 1. The molecule has 0 radical (unpaired) electrons. The predicted molar refractivity (Wildman–Crippen MR) is 103 cm³/mol. The minimum absolute atomic E-state index is 0.155. The van der Waals surface area contributed by atoms with Crippen LogP contribution < -0.4 is 10.7 Å². The van der Waals surface area contributed by atoms with E-state index in [0.29, 0.717) is 0 Å². The number of hydrazone groups is 1. The molecule has 0 heterocycles. The van der Waals surface area contributed by atoms with Gasteiger partial charge >= 0.3 is 0 Å². The summed E-state index contributed by atoms with van der Waals surface area (Å²) in [6, 6.07) is 14.5. The van der Waals surface area contributed by atoms with E-state index < -0.39 is 0 Å². The van der Waals surface area contributed by atoms with Crippen LogP contribution in [0.3, 0.4) is 0 Å². The minimum Gasteiger partial charge on any atom is -0.376 e. The highest BCUT2D eigenvalue weighted by Crippen LogP contribution is 2.22. The van der Waals surface area contributed by atoms with Crippen LogP contribution in [0.25, 0.3) is 0 Å². The molecule has 25 heavy (non-hydrogen) atoms. The van der Waals surface area contributed by atoms with Crippen molar-refractivity contribution in [2.45, 2.75) is 39.5 Å². The number of carbonyl (C=O) groups excluding carboxylic acids is 1. The van der Waals surface area contributed by atoms with Crippen LogP contribution in [0.15, 0.2) is 47.6 Å². The third kappa shape index (κ3) is 4.69. The van der Waals surface area contributed by atoms with Crippen molar-refractivity contribution >= 4 is 17.3 Å². The van der Waals surface area contributed by atoms with Gasteiger partial charge in [0.15, 0.2) is 0 Å². The number of nitrogens with zero attached hydrogens (tertiary/aromatic N) is 1. The van der Waals surface area contributed by atoms with Gasteiger partial charge in [-0.1, -0.05) is 29.8 Å². The van der Waals surface area contributed by atoms with E-state index in [0.717, 1.165) is 23.4 Å². The summed E-state index contributed by atoms with van der Waals surface area (Å²) in [5, 5.41) is 7.34. The molecule has 0 saturated heterocycles. The number of nitrogens with one attached hydrogen (secondary N) is 2. The fourth-order valence-electron chi connectivity index (χ4n) is 3.06. The number of benzene rings is 2. The average molecular weight is 335 g/mol. The van der Waals surface area contributed by atoms with Crippen molar-refractivity contribution in [2.24, 2.45) is 5.10 Å². The maximum Gasteiger partial charge on any atom is 0.259 e. The Morgan fingerprint density at radius 2 is 1.76 bits per heavy atom. The normalized spacial score (nSPS) is 13.9. The molecule has 0 fully saturated rings. The zero-order valence-electron chi connectivity index (χ0n) is 14.9. The molecule has 0 spiro atoms. The Morgan fingerprint density at radius 1 is 1.04 bits per heavy atom. The van der Waals surface area contributed by atoms with Crippen molar-refractivity contribution in [2.75, 3.05) is 11.9 Å². The molecule has 0 unspecified atom stereocenters. The molecule has 1 aliphatic rings. The number of anilines is 1. The molecule has 1 amide bonds. The first-order valence-electron chi connectivity index (χ1n) is 8.87. The molecule has 2 N–H and O–H groups in total. The van der Waals surface area contributed by atoms with Gasteiger partial charge in [0.2, 0.25) is 0 Å². The summed E-state index contributed by atoms with van der Waals surface area (Å²) in [6.45, 7) is 4.16. The maximum atomic E-state index is 12.0. The topological polar surface area (TPSA) is 53.5 Å². The molecule has 0 saturated carbocycles.